The molecule has 0 radical (unpaired) electrons. The van der Waals surface area contributed by atoms with Crippen molar-refractivity contribution in [1.82, 2.24) is 0 Å². The van der Waals surface area contributed by atoms with Gasteiger partial charge < -0.3 is 25.2 Å². The lowest BCUT2D eigenvalue weighted by atomic mass is 10.1. The Morgan fingerprint density at radius 2 is 2.10 bits per heavy atom. The minimum atomic E-state index is -3.73. The molecule has 60 valence electrons. The lowest BCUT2D eigenvalue weighted by Crippen LogP contribution is -2.40. The Bertz CT molecular complexity index is 238. The van der Waals surface area contributed by atoms with E-state index in [9.17, 15) is 4.79 Å². The van der Waals surface area contributed by atoms with E-state index in [0.717, 1.165) is 0 Å². The summed E-state index contributed by atoms with van der Waals surface area (Å²) in [4.78, 5) is 10.3. The van der Waals surface area contributed by atoms with E-state index in [2.05, 4.69) is 0 Å². The maximum atomic E-state index is 10.3. The zero-order valence-corrected chi connectivity index (χ0v) is 4.90. The van der Waals surface area contributed by atoms with Gasteiger partial charge in [0.2, 0.25) is 0 Å². The molecule has 10 heavy (non-hydrogen) atoms. The zero-order valence-electron chi connectivity index (χ0n) is 8.90. The van der Waals surface area contributed by atoms with Crippen molar-refractivity contribution >= 4 is 6.26 Å². The van der Waals surface area contributed by atoms with Crippen molar-refractivity contribution < 1.29 is 30.7 Å². The standard InChI is InChI=1S/C5H10O5/c6-1-3(8)5(10)4(9)2-7/h1,3-5,7-10H,2H2/t3-,4+,5-/m0/s1/i1D,3D,4D,5D. The molecule has 0 unspecified atom stereocenters. The van der Waals surface area contributed by atoms with Gasteiger partial charge in [0.25, 0.3) is 0 Å². The van der Waals surface area contributed by atoms with Gasteiger partial charge in [0.05, 0.1) is 10.7 Å². The minimum Gasteiger partial charge on any atom is -0.394 e. The van der Waals surface area contributed by atoms with Crippen LogP contribution in [0.5, 0.6) is 0 Å². The lowest BCUT2D eigenvalue weighted by Gasteiger charge is -2.16. The van der Waals surface area contributed by atoms with Crippen molar-refractivity contribution in [2.24, 2.45) is 0 Å². The van der Waals surface area contributed by atoms with E-state index in [4.69, 9.17) is 25.9 Å². The van der Waals surface area contributed by atoms with Crippen LogP contribution in [0.2, 0.25) is 0 Å². The van der Waals surface area contributed by atoms with Crippen LogP contribution >= 0.6 is 0 Å². The Morgan fingerprint density at radius 1 is 1.60 bits per heavy atom. The fraction of sp³-hybridized carbons (Fsp3) is 0.800. The summed E-state index contributed by atoms with van der Waals surface area (Å²) in [6.07, 6.45) is -12.9. The van der Waals surface area contributed by atoms with E-state index in [-0.39, 0.29) is 0 Å². The van der Waals surface area contributed by atoms with Gasteiger partial charge in [0, 0.05) is 0 Å². The maximum Gasteiger partial charge on any atom is 0.151 e. The van der Waals surface area contributed by atoms with Crippen LogP contribution in [-0.4, -0.2) is 51.5 Å². The molecule has 4 N–H and O–H groups in total. The number of rotatable bonds is 4. The maximum absolute atomic E-state index is 10.3. The fourth-order valence-electron chi connectivity index (χ4n) is 0.260. The highest BCUT2D eigenvalue weighted by molar-refractivity contribution is 5.56. The van der Waals surface area contributed by atoms with Gasteiger partial charge in [-0.3, -0.25) is 0 Å². The summed E-state index contributed by atoms with van der Waals surface area (Å²) in [5.74, 6) is 0. The molecule has 0 aromatic rings. The normalized spacial score (nSPS) is 34.8. The molecule has 0 aliphatic rings. The molecule has 0 bridgehead atoms. The molecule has 5 nitrogen and oxygen atoms in total. The second-order valence-corrected chi connectivity index (χ2v) is 1.40. The molecule has 0 saturated heterocycles. The van der Waals surface area contributed by atoms with Crippen molar-refractivity contribution in [2.75, 3.05) is 6.61 Å². The van der Waals surface area contributed by atoms with E-state index in [1.165, 1.54) is 0 Å². The summed E-state index contributed by atoms with van der Waals surface area (Å²) >= 11 is 0. The van der Waals surface area contributed by atoms with Crippen molar-refractivity contribution in [3.05, 3.63) is 0 Å². The average Bonchev–Trinajstić information content (AvgIpc) is 2.03. The molecule has 0 rings (SSSR count). The third-order valence-corrected chi connectivity index (χ3v) is 0.744. The largest absolute Gasteiger partial charge is 0.394 e. The van der Waals surface area contributed by atoms with Crippen LogP contribution < -0.4 is 0 Å². The second-order valence-electron chi connectivity index (χ2n) is 1.40. The third-order valence-electron chi connectivity index (χ3n) is 0.744. The van der Waals surface area contributed by atoms with Crippen LogP contribution in [0.4, 0.5) is 0 Å². The number of aliphatic hydroxyl groups is 4. The average molecular weight is 154 g/mol. The molecule has 0 fully saturated rings. The van der Waals surface area contributed by atoms with E-state index in [0.29, 0.717) is 0 Å². The first kappa shape index (κ1) is 4.40. The summed E-state index contributed by atoms with van der Waals surface area (Å²) in [7, 11) is 0. The van der Waals surface area contributed by atoms with Crippen LogP contribution in [0.1, 0.15) is 5.48 Å². The van der Waals surface area contributed by atoms with Gasteiger partial charge in [0.15, 0.2) is 6.26 Å². The molecule has 0 spiro atoms. The molecule has 0 saturated carbocycles. The smallest absolute Gasteiger partial charge is 0.151 e. The summed E-state index contributed by atoms with van der Waals surface area (Å²) < 4.78 is 26.7. The molecule has 0 heterocycles. The molecule has 0 aliphatic heterocycles. The summed E-state index contributed by atoms with van der Waals surface area (Å²) in [5.41, 5.74) is 0. The first-order valence-corrected chi connectivity index (χ1v) is 2.29. The van der Waals surface area contributed by atoms with Gasteiger partial charge in [-0.2, -0.15) is 0 Å². The third kappa shape index (κ3) is 2.40. The summed E-state index contributed by atoms with van der Waals surface area (Å²) in [6, 6.07) is 0. The SMILES string of the molecule is [2H]C(=O)[C@]([2H])(O)[C@]([2H])(O)[C@]([2H])(O)CO. The number of aldehydes is 1. The van der Waals surface area contributed by atoms with Crippen molar-refractivity contribution in [3.63, 3.8) is 0 Å². The van der Waals surface area contributed by atoms with E-state index in [1.54, 1.807) is 0 Å². The highest BCUT2D eigenvalue weighted by Crippen LogP contribution is 1.96. The van der Waals surface area contributed by atoms with Crippen LogP contribution in [-0.2, 0) is 4.79 Å². The van der Waals surface area contributed by atoms with Gasteiger partial charge >= 0.3 is 0 Å². The number of carbonyl (C=O) groups is 1. The number of aliphatic hydroxyl groups excluding tert-OH is 1. The summed E-state index contributed by atoms with van der Waals surface area (Å²) in [6.45, 7) is -1.48. The predicted octanol–water partition coefficient (Wildman–Crippen LogP) is -2.74. The Balaban J connectivity index is 5.24. The van der Waals surface area contributed by atoms with Crippen LogP contribution in [0.25, 0.3) is 0 Å². The molecule has 0 aliphatic carbocycles. The highest BCUT2D eigenvalue weighted by Gasteiger charge is 2.22. The van der Waals surface area contributed by atoms with E-state index in [1.807, 2.05) is 0 Å². The predicted molar refractivity (Wildman–Crippen MR) is 31.2 cm³/mol. The topological polar surface area (TPSA) is 98.0 Å². The fourth-order valence-corrected chi connectivity index (χ4v) is 0.260. The molecule has 0 aromatic carbocycles. The number of carbonyl (C=O) groups excluding carboxylic acids is 1. The highest BCUT2D eigenvalue weighted by atomic mass is 16.4. The monoisotopic (exact) mass is 154 g/mol. The van der Waals surface area contributed by atoms with Gasteiger partial charge in [-0.05, 0) is 0 Å². The number of hydrogen-bond acceptors (Lipinski definition) is 5. The van der Waals surface area contributed by atoms with Gasteiger partial charge in [-0.1, -0.05) is 0 Å². The lowest BCUT2D eigenvalue weighted by molar-refractivity contribution is -0.127. The van der Waals surface area contributed by atoms with Crippen molar-refractivity contribution in [3.8, 4) is 0 Å². The molecular formula is C5H10O5. The Labute approximate surface area is 63.2 Å². The van der Waals surface area contributed by atoms with Gasteiger partial charge in [-0.15, -0.1) is 0 Å². The minimum absolute atomic E-state index is 1.48. The zero-order chi connectivity index (χ0) is 11.8. The quantitative estimate of drug-likeness (QED) is 0.329. The second kappa shape index (κ2) is 4.35. The van der Waals surface area contributed by atoms with Crippen LogP contribution in [0.3, 0.4) is 0 Å². The van der Waals surface area contributed by atoms with Gasteiger partial charge in [0.1, 0.15) is 19.6 Å². The van der Waals surface area contributed by atoms with Crippen LogP contribution in [0, 0.1) is 0 Å². The van der Waals surface area contributed by atoms with E-state index < -0.39 is 31.1 Å². The molecule has 5 heteroatoms. The van der Waals surface area contributed by atoms with Gasteiger partial charge in [-0.25, -0.2) is 0 Å². The summed E-state index contributed by atoms with van der Waals surface area (Å²) in [5, 5.41) is 35.2. The number of hydrogen-bond donors (Lipinski definition) is 4. The molecule has 3 atom stereocenters. The van der Waals surface area contributed by atoms with E-state index >= 15 is 0 Å². The van der Waals surface area contributed by atoms with Crippen molar-refractivity contribution in [2.45, 2.75) is 18.2 Å². The van der Waals surface area contributed by atoms with Crippen LogP contribution in [0.15, 0.2) is 0 Å². The Kier molecular flexibility index (Phi) is 1.91. The first-order chi connectivity index (χ1) is 6.00. The molecular weight excluding hydrogens is 140 g/mol. The Hall–Kier alpha value is -0.490. The Morgan fingerprint density at radius 3 is 2.40 bits per heavy atom. The first-order valence-electron chi connectivity index (χ1n) is 4.29. The van der Waals surface area contributed by atoms with Crippen molar-refractivity contribution in [1.29, 1.82) is 0 Å². The molecule has 0 aromatic heterocycles. The molecule has 0 amide bonds.